The van der Waals surface area contributed by atoms with Crippen LogP contribution in [0, 0.1) is 12.7 Å². The predicted octanol–water partition coefficient (Wildman–Crippen LogP) is 4.25. The van der Waals surface area contributed by atoms with Gasteiger partial charge >= 0.3 is 6.03 Å². The monoisotopic (exact) mass is 489 g/mol. The maximum Gasteiger partial charge on any atom is 0.329 e. The quantitative estimate of drug-likeness (QED) is 0.364. The molecule has 0 aromatic heterocycles. The van der Waals surface area contributed by atoms with Crippen LogP contribution in [0.15, 0.2) is 72.4 Å². The van der Waals surface area contributed by atoms with Crippen LogP contribution in [0.3, 0.4) is 0 Å². The lowest BCUT2D eigenvalue weighted by Crippen LogP contribution is -2.30. The van der Waals surface area contributed by atoms with Gasteiger partial charge in [-0.3, -0.25) is 14.5 Å². The minimum Gasteiger partial charge on any atom is -0.493 e. The summed E-state index contributed by atoms with van der Waals surface area (Å²) in [6, 6.07) is 17.6. The van der Waals surface area contributed by atoms with Crippen molar-refractivity contribution in [3.05, 3.63) is 94.9 Å². The Bertz CT molecular complexity index is 1340. The number of nitrogens with zero attached hydrogens (tertiary/aromatic N) is 1. The van der Waals surface area contributed by atoms with E-state index in [0.717, 1.165) is 10.5 Å². The normalized spacial score (nSPS) is 14.1. The molecule has 0 radical (unpaired) electrons. The summed E-state index contributed by atoms with van der Waals surface area (Å²) in [5.74, 6) is -0.728. The van der Waals surface area contributed by atoms with E-state index in [0.29, 0.717) is 22.7 Å². The molecule has 4 amide bonds. The first-order valence-corrected chi connectivity index (χ1v) is 11.1. The van der Waals surface area contributed by atoms with Crippen molar-refractivity contribution in [3.63, 3.8) is 0 Å². The number of hydrogen-bond acceptors (Lipinski definition) is 5. The van der Waals surface area contributed by atoms with Gasteiger partial charge in [-0.15, -0.1) is 0 Å². The van der Waals surface area contributed by atoms with Crippen LogP contribution in [0.1, 0.15) is 16.7 Å². The number of nitrogens with one attached hydrogen (secondary N) is 2. The van der Waals surface area contributed by atoms with Gasteiger partial charge in [-0.2, -0.15) is 0 Å². The van der Waals surface area contributed by atoms with Gasteiger partial charge in [0.05, 0.1) is 13.7 Å². The van der Waals surface area contributed by atoms with Crippen LogP contribution in [0.4, 0.5) is 14.9 Å². The number of urea groups is 1. The molecule has 1 fully saturated rings. The Labute approximate surface area is 207 Å². The molecule has 36 heavy (non-hydrogen) atoms. The molecule has 3 aromatic carbocycles. The topological polar surface area (TPSA) is 97.0 Å². The molecule has 1 aliphatic heterocycles. The Hall–Kier alpha value is -4.66. The summed E-state index contributed by atoms with van der Waals surface area (Å²) < 4.78 is 24.9. The molecule has 2 N–H and O–H groups in total. The third kappa shape index (κ3) is 5.69. The minimum absolute atomic E-state index is 0.0459. The third-order valence-electron chi connectivity index (χ3n) is 5.44. The van der Waals surface area contributed by atoms with E-state index in [2.05, 4.69) is 10.6 Å². The highest BCUT2D eigenvalue weighted by molar-refractivity contribution is 6.13. The molecular formula is C27H24FN3O5. The first kappa shape index (κ1) is 24.5. The largest absolute Gasteiger partial charge is 0.493 e. The lowest BCUT2D eigenvalue weighted by Gasteiger charge is -2.12. The fraction of sp³-hybridized carbons (Fsp3) is 0.148. The van der Waals surface area contributed by atoms with Crippen molar-refractivity contribution in [2.75, 3.05) is 19.0 Å². The Morgan fingerprint density at radius 2 is 1.81 bits per heavy atom. The Balaban J connectivity index is 1.42. The number of benzene rings is 3. The number of imide groups is 1. The summed E-state index contributed by atoms with van der Waals surface area (Å²) in [6.07, 6.45) is 1.48. The molecule has 0 bridgehead atoms. The van der Waals surface area contributed by atoms with E-state index in [1.54, 1.807) is 36.4 Å². The zero-order valence-corrected chi connectivity index (χ0v) is 19.7. The molecule has 1 aliphatic rings. The SMILES string of the molecule is COc1cc(/C=C2/NC(=O)N(Cc3ccccc3F)C2=O)ccc1OCC(=O)Nc1ccc(C)cc1. The number of rotatable bonds is 8. The summed E-state index contributed by atoms with van der Waals surface area (Å²) in [5, 5.41) is 5.26. The molecule has 0 aliphatic carbocycles. The first-order chi connectivity index (χ1) is 17.3. The predicted molar refractivity (Wildman–Crippen MR) is 132 cm³/mol. The zero-order chi connectivity index (χ0) is 25.7. The molecule has 1 saturated heterocycles. The van der Waals surface area contributed by atoms with Crippen LogP contribution in [0.25, 0.3) is 6.08 Å². The van der Waals surface area contributed by atoms with Gasteiger partial charge in [-0.1, -0.05) is 42.0 Å². The molecule has 4 rings (SSSR count). The number of methoxy groups -OCH3 is 1. The second-order valence-electron chi connectivity index (χ2n) is 8.08. The fourth-order valence-corrected chi connectivity index (χ4v) is 3.55. The molecule has 9 heteroatoms. The fourth-order valence-electron chi connectivity index (χ4n) is 3.55. The van der Waals surface area contributed by atoms with Crippen LogP contribution in [-0.4, -0.2) is 36.5 Å². The number of carbonyl (C=O) groups excluding carboxylic acids is 3. The summed E-state index contributed by atoms with van der Waals surface area (Å²) in [4.78, 5) is 38.2. The number of halogens is 1. The number of carbonyl (C=O) groups is 3. The number of ether oxygens (including phenoxy) is 2. The van der Waals surface area contributed by atoms with Crippen LogP contribution in [0.2, 0.25) is 0 Å². The van der Waals surface area contributed by atoms with Crippen molar-refractivity contribution in [1.82, 2.24) is 10.2 Å². The lowest BCUT2D eigenvalue weighted by molar-refractivity contribution is -0.123. The molecule has 0 saturated carbocycles. The van der Waals surface area contributed by atoms with Gasteiger partial charge < -0.3 is 20.1 Å². The standard InChI is InChI=1S/C27H24FN3O5/c1-17-7-10-20(11-8-17)29-25(32)16-36-23-12-9-18(14-24(23)35-2)13-22-26(33)31(27(34)30-22)15-19-5-3-4-6-21(19)28/h3-14H,15-16H2,1-2H3,(H,29,32)(H,30,34)/b22-13+. The highest BCUT2D eigenvalue weighted by atomic mass is 19.1. The van der Waals surface area contributed by atoms with E-state index >= 15 is 0 Å². The second-order valence-corrected chi connectivity index (χ2v) is 8.08. The summed E-state index contributed by atoms with van der Waals surface area (Å²) in [6.45, 7) is 1.54. The van der Waals surface area contributed by atoms with Crippen molar-refractivity contribution in [3.8, 4) is 11.5 Å². The van der Waals surface area contributed by atoms with Crippen molar-refractivity contribution in [2.45, 2.75) is 13.5 Å². The van der Waals surface area contributed by atoms with E-state index in [4.69, 9.17) is 9.47 Å². The molecule has 184 valence electrons. The minimum atomic E-state index is -0.638. The van der Waals surface area contributed by atoms with Crippen LogP contribution < -0.4 is 20.1 Å². The highest BCUT2D eigenvalue weighted by Gasteiger charge is 2.34. The smallest absolute Gasteiger partial charge is 0.329 e. The maximum atomic E-state index is 14.0. The van der Waals surface area contributed by atoms with Gasteiger partial charge in [0.15, 0.2) is 18.1 Å². The van der Waals surface area contributed by atoms with Crippen LogP contribution in [0.5, 0.6) is 11.5 Å². The molecule has 0 unspecified atom stereocenters. The number of aryl methyl sites for hydroxylation is 1. The Kier molecular flexibility index (Phi) is 7.29. The van der Waals surface area contributed by atoms with E-state index in [1.807, 2.05) is 19.1 Å². The molecule has 0 spiro atoms. The second kappa shape index (κ2) is 10.7. The molecule has 3 aromatic rings. The van der Waals surface area contributed by atoms with Gasteiger partial charge in [0.2, 0.25) is 0 Å². The van der Waals surface area contributed by atoms with Gasteiger partial charge in [-0.25, -0.2) is 9.18 Å². The number of amides is 4. The maximum absolute atomic E-state index is 14.0. The van der Waals surface area contributed by atoms with E-state index < -0.39 is 17.8 Å². The molecule has 1 heterocycles. The summed E-state index contributed by atoms with van der Waals surface area (Å²) in [5.41, 5.74) is 2.58. The average Bonchev–Trinajstić information content (AvgIpc) is 3.13. The van der Waals surface area contributed by atoms with Crippen molar-refractivity contribution < 1.29 is 28.2 Å². The number of hydrogen-bond donors (Lipinski definition) is 2. The van der Waals surface area contributed by atoms with Gasteiger partial charge in [0, 0.05) is 11.3 Å². The third-order valence-corrected chi connectivity index (χ3v) is 5.44. The summed E-state index contributed by atoms with van der Waals surface area (Å²) >= 11 is 0. The molecule has 0 atom stereocenters. The average molecular weight is 490 g/mol. The van der Waals surface area contributed by atoms with Crippen molar-refractivity contribution in [1.29, 1.82) is 0 Å². The Morgan fingerprint density at radius 1 is 1.06 bits per heavy atom. The zero-order valence-electron chi connectivity index (χ0n) is 19.7. The van der Waals surface area contributed by atoms with Gasteiger partial charge in [0.25, 0.3) is 11.8 Å². The van der Waals surface area contributed by atoms with E-state index in [-0.39, 0.29) is 30.3 Å². The molecular weight excluding hydrogens is 465 g/mol. The van der Waals surface area contributed by atoms with Crippen molar-refractivity contribution >= 4 is 29.6 Å². The van der Waals surface area contributed by atoms with E-state index in [1.165, 1.54) is 31.4 Å². The Morgan fingerprint density at radius 3 is 2.53 bits per heavy atom. The highest BCUT2D eigenvalue weighted by Crippen LogP contribution is 2.29. The van der Waals surface area contributed by atoms with E-state index in [9.17, 15) is 18.8 Å². The van der Waals surface area contributed by atoms with Crippen LogP contribution >= 0.6 is 0 Å². The van der Waals surface area contributed by atoms with Crippen molar-refractivity contribution in [2.24, 2.45) is 0 Å². The van der Waals surface area contributed by atoms with Gasteiger partial charge in [0.1, 0.15) is 11.5 Å². The van der Waals surface area contributed by atoms with Crippen LogP contribution in [-0.2, 0) is 16.1 Å². The van der Waals surface area contributed by atoms with Gasteiger partial charge in [-0.05, 0) is 48.9 Å². The number of anilines is 1. The lowest BCUT2D eigenvalue weighted by atomic mass is 10.1. The molecule has 8 nitrogen and oxygen atoms in total. The summed E-state index contributed by atoms with van der Waals surface area (Å²) in [7, 11) is 1.45. The first-order valence-electron chi connectivity index (χ1n) is 11.1.